The molecule has 12 heteroatoms. The van der Waals surface area contributed by atoms with E-state index in [1.807, 2.05) is 6.92 Å². The van der Waals surface area contributed by atoms with E-state index in [1.54, 1.807) is 0 Å². The number of ether oxygens (including phenoxy) is 2. The SMILES string of the molecule is C[C@@H]1O[C@H](CCc2c(F)cncc2NC(=O)[C@@H](N)C(c2ccc(F)cc2)c2ccc(F)cc2)CN[C@@H]1COC(N)=O. The van der Waals surface area contributed by atoms with Gasteiger partial charge in [-0.3, -0.25) is 9.78 Å². The van der Waals surface area contributed by atoms with Crippen molar-refractivity contribution in [1.29, 1.82) is 0 Å². The zero-order chi connectivity index (χ0) is 29.5. The molecule has 0 radical (unpaired) electrons. The van der Waals surface area contributed by atoms with E-state index in [2.05, 4.69) is 15.6 Å². The number of carbonyl (C=O) groups is 2. The first-order chi connectivity index (χ1) is 19.6. The molecule has 4 rings (SSSR count). The van der Waals surface area contributed by atoms with Crippen LogP contribution < -0.4 is 22.1 Å². The fourth-order valence-electron chi connectivity index (χ4n) is 4.88. The lowest BCUT2D eigenvalue weighted by Crippen LogP contribution is -2.53. The maximum atomic E-state index is 14.9. The Labute approximate surface area is 235 Å². The number of hydrogen-bond acceptors (Lipinski definition) is 7. The average Bonchev–Trinajstić information content (AvgIpc) is 2.94. The van der Waals surface area contributed by atoms with Crippen LogP contribution in [0.1, 0.15) is 36.0 Å². The molecule has 0 bridgehead atoms. The molecular formula is C29H32F3N5O4. The normalized spacial score (nSPS) is 19.5. The summed E-state index contributed by atoms with van der Waals surface area (Å²) in [6.45, 7) is 2.33. The van der Waals surface area contributed by atoms with Gasteiger partial charge >= 0.3 is 6.09 Å². The van der Waals surface area contributed by atoms with Gasteiger partial charge in [0.2, 0.25) is 5.91 Å². The number of hydrogen-bond donors (Lipinski definition) is 4. The van der Waals surface area contributed by atoms with Crippen molar-refractivity contribution in [3.63, 3.8) is 0 Å². The van der Waals surface area contributed by atoms with E-state index < -0.39 is 41.4 Å². The largest absolute Gasteiger partial charge is 0.448 e. The number of nitrogens with one attached hydrogen (secondary N) is 2. The summed E-state index contributed by atoms with van der Waals surface area (Å²) in [5.41, 5.74) is 12.9. The Morgan fingerprint density at radius 2 is 1.68 bits per heavy atom. The number of pyridine rings is 1. The van der Waals surface area contributed by atoms with Crippen molar-refractivity contribution in [3.05, 3.63) is 95.1 Å². The smallest absolute Gasteiger partial charge is 0.404 e. The number of primary amides is 1. The molecular weight excluding hydrogens is 539 g/mol. The summed E-state index contributed by atoms with van der Waals surface area (Å²) in [5.74, 6) is -2.88. The third kappa shape index (κ3) is 7.81. The highest BCUT2D eigenvalue weighted by molar-refractivity contribution is 5.96. The van der Waals surface area contributed by atoms with E-state index in [0.717, 1.165) is 6.20 Å². The summed E-state index contributed by atoms with van der Waals surface area (Å²) in [5, 5.41) is 5.93. The maximum Gasteiger partial charge on any atom is 0.404 e. The number of halogens is 3. The van der Waals surface area contributed by atoms with Gasteiger partial charge in [0.05, 0.1) is 42.4 Å². The molecule has 2 heterocycles. The van der Waals surface area contributed by atoms with E-state index in [0.29, 0.717) is 24.1 Å². The number of nitrogens with two attached hydrogens (primary N) is 2. The van der Waals surface area contributed by atoms with Crippen LogP contribution in [0.2, 0.25) is 0 Å². The first-order valence-electron chi connectivity index (χ1n) is 13.1. The summed E-state index contributed by atoms with van der Waals surface area (Å²) >= 11 is 0. The van der Waals surface area contributed by atoms with Crippen molar-refractivity contribution in [1.82, 2.24) is 10.3 Å². The number of morpholine rings is 1. The van der Waals surface area contributed by atoms with Gasteiger partial charge in [0.15, 0.2) is 0 Å². The van der Waals surface area contributed by atoms with Gasteiger partial charge in [-0.1, -0.05) is 24.3 Å². The second-order valence-electron chi connectivity index (χ2n) is 9.89. The van der Waals surface area contributed by atoms with Crippen LogP contribution in [0.5, 0.6) is 0 Å². The zero-order valence-electron chi connectivity index (χ0n) is 22.4. The molecule has 2 aromatic carbocycles. The summed E-state index contributed by atoms with van der Waals surface area (Å²) in [7, 11) is 0. The molecule has 1 saturated heterocycles. The fraction of sp³-hybridized carbons (Fsp3) is 0.345. The predicted octanol–water partition coefficient (Wildman–Crippen LogP) is 3.37. The first-order valence-corrected chi connectivity index (χ1v) is 13.1. The van der Waals surface area contributed by atoms with Gasteiger partial charge in [-0.15, -0.1) is 0 Å². The lowest BCUT2D eigenvalue weighted by Gasteiger charge is -2.35. The highest BCUT2D eigenvalue weighted by atomic mass is 19.1. The second kappa shape index (κ2) is 13.6. The molecule has 1 fully saturated rings. The summed E-state index contributed by atoms with van der Waals surface area (Å²) in [6, 6.07) is 9.62. The van der Waals surface area contributed by atoms with Crippen LogP contribution in [0.25, 0.3) is 0 Å². The van der Waals surface area contributed by atoms with Crippen molar-refractivity contribution in [2.24, 2.45) is 11.5 Å². The highest BCUT2D eigenvalue weighted by Gasteiger charge is 2.31. The van der Waals surface area contributed by atoms with Gasteiger partial charge in [-0.25, -0.2) is 18.0 Å². The van der Waals surface area contributed by atoms with Crippen molar-refractivity contribution in [2.45, 2.75) is 50.0 Å². The van der Waals surface area contributed by atoms with Gasteiger partial charge in [0, 0.05) is 18.0 Å². The molecule has 0 spiro atoms. The van der Waals surface area contributed by atoms with Crippen LogP contribution in [0.15, 0.2) is 60.9 Å². The highest BCUT2D eigenvalue weighted by Crippen LogP contribution is 2.29. The zero-order valence-corrected chi connectivity index (χ0v) is 22.4. The monoisotopic (exact) mass is 571 g/mol. The molecule has 0 saturated carbocycles. The minimum absolute atomic E-state index is 0.0650. The van der Waals surface area contributed by atoms with Crippen molar-refractivity contribution < 1.29 is 32.2 Å². The standard InChI is InChI=1S/C29H32F3N5O4/c1-16-25(15-40-29(34)39)36-12-21(41-16)10-11-22-23(32)13-35-14-24(22)37-28(38)27(33)26(17-2-6-19(30)7-3-17)18-4-8-20(31)9-5-18/h2-9,13-14,16,21,25-27,36H,10-12,15,33H2,1H3,(H2,34,39)(H,37,38)/t16-,21+,25+,27-/m0/s1. The minimum Gasteiger partial charge on any atom is -0.448 e. The summed E-state index contributed by atoms with van der Waals surface area (Å²) < 4.78 is 53.0. The average molecular weight is 572 g/mol. The van der Waals surface area contributed by atoms with E-state index in [4.69, 9.17) is 20.9 Å². The molecule has 2 amide bonds. The summed E-state index contributed by atoms with van der Waals surface area (Å²) in [4.78, 5) is 28.1. The maximum absolute atomic E-state index is 14.9. The number of carbonyl (C=O) groups excluding carboxylic acids is 2. The topological polar surface area (TPSA) is 142 Å². The van der Waals surface area contributed by atoms with Crippen LogP contribution in [0.3, 0.4) is 0 Å². The molecule has 6 N–H and O–H groups in total. The van der Waals surface area contributed by atoms with Crippen molar-refractivity contribution >= 4 is 17.7 Å². The van der Waals surface area contributed by atoms with Gasteiger partial charge < -0.3 is 31.6 Å². The van der Waals surface area contributed by atoms with Gasteiger partial charge in [-0.2, -0.15) is 0 Å². The van der Waals surface area contributed by atoms with Crippen LogP contribution in [0, 0.1) is 17.5 Å². The van der Waals surface area contributed by atoms with E-state index >= 15 is 0 Å². The fourth-order valence-corrected chi connectivity index (χ4v) is 4.88. The van der Waals surface area contributed by atoms with Gasteiger partial charge in [0.25, 0.3) is 0 Å². The Morgan fingerprint density at radius 1 is 1.07 bits per heavy atom. The molecule has 4 atom stereocenters. The molecule has 3 aromatic rings. The predicted molar refractivity (Wildman–Crippen MR) is 145 cm³/mol. The van der Waals surface area contributed by atoms with Gasteiger partial charge in [-0.05, 0) is 55.2 Å². The Kier molecular flexibility index (Phi) is 9.92. The number of amides is 2. The second-order valence-corrected chi connectivity index (χ2v) is 9.89. The van der Waals surface area contributed by atoms with Gasteiger partial charge in [0.1, 0.15) is 24.1 Å². The molecule has 0 unspecified atom stereocenters. The molecule has 41 heavy (non-hydrogen) atoms. The van der Waals surface area contributed by atoms with Crippen molar-refractivity contribution in [3.8, 4) is 0 Å². The van der Waals surface area contributed by atoms with Crippen LogP contribution >= 0.6 is 0 Å². The molecule has 1 aliphatic rings. The Bertz CT molecular complexity index is 1300. The number of nitrogens with zero attached hydrogens (tertiary/aromatic N) is 1. The lowest BCUT2D eigenvalue weighted by molar-refractivity contribution is -0.117. The molecule has 218 valence electrons. The Morgan fingerprint density at radius 3 is 2.24 bits per heavy atom. The quantitative estimate of drug-likeness (QED) is 0.292. The summed E-state index contributed by atoms with van der Waals surface area (Å²) in [6.07, 6.45) is 1.62. The van der Waals surface area contributed by atoms with E-state index in [-0.39, 0.29) is 42.5 Å². The Hall–Kier alpha value is -4.00. The third-order valence-electron chi connectivity index (χ3n) is 7.09. The van der Waals surface area contributed by atoms with Crippen LogP contribution in [0.4, 0.5) is 23.7 Å². The van der Waals surface area contributed by atoms with Crippen LogP contribution in [-0.4, -0.2) is 54.4 Å². The number of anilines is 1. The van der Waals surface area contributed by atoms with Crippen molar-refractivity contribution in [2.75, 3.05) is 18.5 Å². The molecule has 9 nitrogen and oxygen atoms in total. The minimum atomic E-state index is -1.19. The van der Waals surface area contributed by atoms with E-state index in [9.17, 15) is 22.8 Å². The van der Waals surface area contributed by atoms with E-state index in [1.165, 1.54) is 54.7 Å². The number of aromatic nitrogens is 1. The Balaban J connectivity index is 1.46. The number of benzene rings is 2. The molecule has 0 aliphatic carbocycles. The molecule has 1 aliphatic heterocycles. The molecule has 1 aromatic heterocycles. The lowest BCUT2D eigenvalue weighted by atomic mass is 9.85. The number of rotatable bonds is 10. The third-order valence-corrected chi connectivity index (χ3v) is 7.09. The first kappa shape index (κ1) is 30.0. The van der Waals surface area contributed by atoms with Crippen LogP contribution in [-0.2, 0) is 20.7 Å².